The van der Waals surface area contributed by atoms with E-state index in [2.05, 4.69) is 31.1 Å². The van der Waals surface area contributed by atoms with E-state index >= 15 is 0 Å². The van der Waals surface area contributed by atoms with Gasteiger partial charge in [-0.15, -0.1) is 0 Å². The summed E-state index contributed by atoms with van der Waals surface area (Å²) in [6.07, 6.45) is 4.89. The van der Waals surface area contributed by atoms with E-state index in [0.29, 0.717) is 18.6 Å². The van der Waals surface area contributed by atoms with Gasteiger partial charge in [0.1, 0.15) is 5.82 Å². The standard InChI is InChI=1S/C17H27FN2/c1-4-5-13(2)20(3)12-15-10-14(6-9-17(15)18)11-19-16-7-8-16/h6,9-10,13,16,19H,4-5,7-8,11-12H2,1-3H3. The fourth-order valence-electron chi connectivity index (χ4n) is 2.47. The van der Waals surface area contributed by atoms with Crippen LogP contribution in [-0.4, -0.2) is 24.0 Å². The van der Waals surface area contributed by atoms with Gasteiger partial charge < -0.3 is 5.32 Å². The minimum atomic E-state index is -0.0873. The second-order valence-corrected chi connectivity index (χ2v) is 6.13. The van der Waals surface area contributed by atoms with Crippen LogP contribution in [0.1, 0.15) is 50.7 Å². The number of benzene rings is 1. The Morgan fingerprint density at radius 2 is 2.15 bits per heavy atom. The molecule has 1 unspecified atom stereocenters. The third kappa shape index (κ3) is 4.57. The van der Waals surface area contributed by atoms with E-state index < -0.39 is 0 Å². The molecule has 0 radical (unpaired) electrons. The van der Waals surface area contributed by atoms with Crippen molar-refractivity contribution in [3.8, 4) is 0 Å². The molecule has 0 heterocycles. The molecule has 3 heteroatoms. The summed E-state index contributed by atoms with van der Waals surface area (Å²) in [5.41, 5.74) is 2.00. The van der Waals surface area contributed by atoms with Gasteiger partial charge in [0, 0.05) is 30.7 Å². The highest BCUT2D eigenvalue weighted by molar-refractivity contribution is 5.25. The van der Waals surface area contributed by atoms with E-state index in [-0.39, 0.29) is 5.82 Å². The molecule has 1 fully saturated rings. The molecule has 20 heavy (non-hydrogen) atoms. The van der Waals surface area contributed by atoms with Crippen LogP contribution in [-0.2, 0) is 13.1 Å². The summed E-state index contributed by atoms with van der Waals surface area (Å²) in [6, 6.07) is 6.70. The third-order valence-corrected chi connectivity index (χ3v) is 4.16. The van der Waals surface area contributed by atoms with Crippen molar-refractivity contribution < 1.29 is 4.39 Å². The van der Waals surface area contributed by atoms with Gasteiger partial charge in [-0.05, 0) is 44.9 Å². The molecule has 1 aromatic carbocycles. The number of nitrogens with one attached hydrogen (secondary N) is 1. The van der Waals surface area contributed by atoms with E-state index in [4.69, 9.17) is 0 Å². The lowest BCUT2D eigenvalue weighted by atomic mass is 10.1. The van der Waals surface area contributed by atoms with Crippen molar-refractivity contribution in [3.05, 3.63) is 35.1 Å². The number of nitrogens with zero attached hydrogens (tertiary/aromatic N) is 1. The largest absolute Gasteiger partial charge is 0.310 e. The highest BCUT2D eigenvalue weighted by Gasteiger charge is 2.20. The topological polar surface area (TPSA) is 15.3 Å². The van der Waals surface area contributed by atoms with E-state index in [0.717, 1.165) is 18.5 Å². The third-order valence-electron chi connectivity index (χ3n) is 4.16. The Hall–Kier alpha value is -0.930. The van der Waals surface area contributed by atoms with Gasteiger partial charge >= 0.3 is 0 Å². The lowest BCUT2D eigenvalue weighted by Gasteiger charge is -2.24. The van der Waals surface area contributed by atoms with Gasteiger partial charge in [-0.25, -0.2) is 4.39 Å². The number of hydrogen-bond donors (Lipinski definition) is 1. The molecule has 1 saturated carbocycles. The zero-order valence-electron chi connectivity index (χ0n) is 13.0. The van der Waals surface area contributed by atoms with Gasteiger partial charge in [0.05, 0.1) is 0 Å². The molecule has 0 aliphatic heterocycles. The maximum absolute atomic E-state index is 13.9. The van der Waals surface area contributed by atoms with E-state index in [1.165, 1.54) is 24.8 Å². The SMILES string of the molecule is CCCC(C)N(C)Cc1cc(CNC2CC2)ccc1F. The minimum Gasteiger partial charge on any atom is -0.310 e. The summed E-state index contributed by atoms with van der Waals surface area (Å²) in [4.78, 5) is 2.24. The number of rotatable bonds is 8. The second kappa shape index (κ2) is 7.19. The summed E-state index contributed by atoms with van der Waals surface area (Å²) in [5, 5.41) is 3.48. The molecule has 1 aromatic rings. The molecule has 0 bridgehead atoms. The summed E-state index contributed by atoms with van der Waals surface area (Å²) in [7, 11) is 2.08. The van der Waals surface area contributed by atoms with Crippen LogP contribution in [0, 0.1) is 5.82 Å². The Kier molecular flexibility index (Phi) is 5.55. The number of hydrogen-bond acceptors (Lipinski definition) is 2. The molecule has 1 aliphatic carbocycles. The first-order valence-corrected chi connectivity index (χ1v) is 7.81. The predicted octanol–water partition coefficient (Wildman–Crippen LogP) is 3.70. The Bertz CT molecular complexity index is 429. The van der Waals surface area contributed by atoms with E-state index in [1.54, 1.807) is 6.07 Å². The van der Waals surface area contributed by atoms with Crippen LogP contribution >= 0.6 is 0 Å². The van der Waals surface area contributed by atoms with Crippen LogP contribution < -0.4 is 5.32 Å². The van der Waals surface area contributed by atoms with Crippen molar-refractivity contribution in [2.24, 2.45) is 0 Å². The van der Waals surface area contributed by atoms with Crippen molar-refractivity contribution in [3.63, 3.8) is 0 Å². The fourth-order valence-corrected chi connectivity index (χ4v) is 2.47. The van der Waals surface area contributed by atoms with Gasteiger partial charge in [-0.3, -0.25) is 4.90 Å². The Labute approximate surface area is 122 Å². The number of halogens is 1. The van der Waals surface area contributed by atoms with Gasteiger partial charge in [0.2, 0.25) is 0 Å². The van der Waals surface area contributed by atoms with Crippen LogP contribution in [0.25, 0.3) is 0 Å². The van der Waals surface area contributed by atoms with E-state index in [1.807, 2.05) is 12.1 Å². The first-order valence-electron chi connectivity index (χ1n) is 7.81. The molecule has 1 N–H and O–H groups in total. The Morgan fingerprint density at radius 1 is 1.40 bits per heavy atom. The smallest absolute Gasteiger partial charge is 0.127 e. The lowest BCUT2D eigenvalue weighted by molar-refractivity contribution is 0.234. The molecule has 112 valence electrons. The monoisotopic (exact) mass is 278 g/mol. The molecule has 1 atom stereocenters. The van der Waals surface area contributed by atoms with Crippen LogP contribution in [0.2, 0.25) is 0 Å². The van der Waals surface area contributed by atoms with Gasteiger partial charge in [0.15, 0.2) is 0 Å². The van der Waals surface area contributed by atoms with Crippen molar-refractivity contribution >= 4 is 0 Å². The highest BCUT2D eigenvalue weighted by Crippen LogP contribution is 2.20. The summed E-state index contributed by atoms with van der Waals surface area (Å²) < 4.78 is 13.9. The van der Waals surface area contributed by atoms with Crippen molar-refractivity contribution in [2.75, 3.05) is 7.05 Å². The molecule has 0 saturated heterocycles. The average Bonchev–Trinajstić information content (AvgIpc) is 3.24. The van der Waals surface area contributed by atoms with Crippen molar-refractivity contribution in [1.29, 1.82) is 0 Å². The predicted molar refractivity (Wildman–Crippen MR) is 82.1 cm³/mol. The lowest BCUT2D eigenvalue weighted by Crippen LogP contribution is -2.28. The normalized spacial score (nSPS) is 16.6. The van der Waals surface area contributed by atoms with Gasteiger partial charge in [-0.1, -0.05) is 25.5 Å². The summed E-state index contributed by atoms with van der Waals surface area (Å²) in [6.45, 7) is 5.94. The maximum Gasteiger partial charge on any atom is 0.127 e. The van der Waals surface area contributed by atoms with Crippen LogP contribution in [0.3, 0.4) is 0 Å². The Morgan fingerprint density at radius 3 is 2.80 bits per heavy atom. The van der Waals surface area contributed by atoms with Crippen molar-refractivity contribution in [1.82, 2.24) is 10.2 Å². The highest BCUT2D eigenvalue weighted by atomic mass is 19.1. The summed E-state index contributed by atoms with van der Waals surface area (Å²) in [5.74, 6) is -0.0873. The second-order valence-electron chi connectivity index (χ2n) is 6.13. The first kappa shape index (κ1) is 15.5. The van der Waals surface area contributed by atoms with Gasteiger partial charge in [-0.2, -0.15) is 0 Å². The molecule has 1 aliphatic rings. The fraction of sp³-hybridized carbons (Fsp3) is 0.647. The summed E-state index contributed by atoms with van der Waals surface area (Å²) >= 11 is 0. The molecule has 0 amide bonds. The molecule has 2 nitrogen and oxygen atoms in total. The van der Waals surface area contributed by atoms with Crippen LogP contribution in [0.5, 0.6) is 0 Å². The van der Waals surface area contributed by atoms with Gasteiger partial charge in [0.25, 0.3) is 0 Å². The molecule has 0 spiro atoms. The molecular weight excluding hydrogens is 251 g/mol. The maximum atomic E-state index is 13.9. The zero-order chi connectivity index (χ0) is 14.5. The van der Waals surface area contributed by atoms with Crippen LogP contribution in [0.4, 0.5) is 4.39 Å². The van der Waals surface area contributed by atoms with Crippen LogP contribution in [0.15, 0.2) is 18.2 Å². The zero-order valence-corrected chi connectivity index (χ0v) is 13.0. The molecule has 2 rings (SSSR count). The molecule has 0 aromatic heterocycles. The minimum absolute atomic E-state index is 0.0873. The van der Waals surface area contributed by atoms with E-state index in [9.17, 15) is 4.39 Å². The first-order chi connectivity index (χ1) is 9.60. The van der Waals surface area contributed by atoms with Crippen molar-refractivity contribution in [2.45, 2.75) is 64.7 Å². The average molecular weight is 278 g/mol. The molecular formula is C17H27FN2. The Balaban J connectivity index is 1.95. The quantitative estimate of drug-likeness (QED) is 0.780.